The molecule has 2 N–H and O–H groups in total. The average Bonchev–Trinajstić information content (AvgIpc) is 2.77. The SMILES string of the molecule is CC(CN)C(=O)N(Cc1ccco1)CC(F)(F)F. The van der Waals surface area contributed by atoms with Gasteiger partial charge in [-0.15, -0.1) is 0 Å². The fourth-order valence-corrected chi connectivity index (χ4v) is 1.43. The van der Waals surface area contributed by atoms with E-state index in [0.29, 0.717) is 10.7 Å². The summed E-state index contributed by atoms with van der Waals surface area (Å²) in [4.78, 5) is 12.5. The van der Waals surface area contributed by atoms with Crippen LogP contribution in [0.15, 0.2) is 22.8 Å². The third kappa shape index (κ3) is 4.40. The van der Waals surface area contributed by atoms with Crippen LogP contribution in [0.1, 0.15) is 12.7 Å². The van der Waals surface area contributed by atoms with Crippen LogP contribution in [0, 0.1) is 5.92 Å². The Morgan fingerprint density at radius 2 is 2.22 bits per heavy atom. The lowest BCUT2D eigenvalue weighted by atomic mass is 10.1. The smallest absolute Gasteiger partial charge is 0.406 e. The van der Waals surface area contributed by atoms with Crippen molar-refractivity contribution >= 4 is 5.91 Å². The van der Waals surface area contributed by atoms with Crippen LogP contribution >= 0.6 is 0 Å². The Kier molecular flexibility index (Phi) is 4.77. The summed E-state index contributed by atoms with van der Waals surface area (Å²) in [6.07, 6.45) is -3.10. The maximum absolute atomic E-state index is 12.4. The van der Waals surface area contributed by atoms with Gasteiger partial charge in [-0.2, -0.15) is 13.2 Å². The summed E-state index contributed by atoms with van der Waals surface area (Å²) < 4.78 is 42.2. The van der Waals surface area contributed by atoms with Crippen molar-refractivity contribution in [3.63, 3.8) is 0 Å². The zero-order valence-corrected chi connectivity index (χ0v) is 9.91. The second-order valence-electron chi connectivity index (χ2n) is 4.03. The van der Waals surface area contributed by atoms with Crippen molar-refractivity contribution in [3.05, 3.63) is 24.2 Å². The topological polar surface area (TPSA) is 59.5 Å². The molecular formula is C11H15F3N2O2. The van der Waals surface area contributed by atoms with E-state index in [4.69, 9.17) is 10.2 Å². The third-order valence-electron chi connectivity index (χ3n) is 2.38. The molecule has 7 heteroatoms. The molecule has 1 amide bonds. The maximum atomic E-state index is 12.4. The highest BCUT2D eigenvalue weighted by Crippen LogP contribution is 2.19. The van der Waals surface area contributed by atoms with E-state index in [2.05, 4.69) is 0 Å². The summed E-state index contributed by atoms with van der Waals surface area (Å²) in [5, 5.41) is 0. The number of hydrogen-bond acceptors (Lipinski definition) is 3. The fraction of sp³-hybridized carbons (Fsp3) is 0.545. The highest BCUT2D eigenvalue weighted by Gasteiger charge is 2.34. The molecule has 0 aliphatic carbocycles. The molecule has 0 bridgehead atoms. The van der Waals surface area contributed by atoms with Gasteiger partial charge in [0.25, 0.3) is 0 Å². The van der Waals surface area contributed by atoms with Crippen LogP contribution in [-0.2, 0) is 11.3 Å². The highest BCUT2D eigenvalue weighted by atomic mass is 19.4. The van der Waals surface area contributed by atoms with E-state index < -0.39 is 24.5 Å². The summed E-state index contributed by atoms with van der Waals surface area (Å²) in [6, 6.07) is 3.07. The lowest BCUT2D eigenvalue weighted by Crippen LogP contribution is -2.42. The predicted octanol–water partition coefficient (Wildman–Crippen LogP) is 1.77. The lowest BCUT2D eigenvalue weighted by Gasteiger charge is -2.25. The Balaban J connectivity index is 2.78. The van der Waals surface area contributed by atoms with Crippen molar-refractivity contribution in [2.24, 2.45) is 11.7 Å². The molecule has 0 saturated carbocycles. The van der Waals surface area contributed by atoms with Gasteiger partial charge < -0.3 is 15.1 Å². The highest BCUT2D eigenvalue weighted by molar-refractivity contribution is 5.78. The first-order chi connectivity index (χ1) is 8.33. The number of carbonyl (C=O) groups is 1. The number of hydrogen-bond donors (Lipinski definition) is 1. The zero-order valence-electron chi connectivity index (χ0n) is 9.91. The maximum Gasteiger partial charge on any atom is 0.406 e. The molecule has 18 heavy (non-hydrogen) atoms. The number of carbonyl (C=O) groups excluding carboxylic acids is 1. The quantitative estimate of drug-likeness (QED) is 0.881. The normalized spacial score (nSPS) is 13.4. The number of nitrogens with zero attached hydrogens (tertiary/aromatic N) is 1. The van der Waals surface area contributed by atoms with Gasteiger partial charge in [0, 0.05) is 12.5 Å². The van der Waals surface area contributed by atoms with Gasteiger partial charge in [0.1, 0.15) is 12.3 Å². The Morgan fingerprint density at radius 1 is 1.56 bits per heavy atom. The summed E-state index contributed by atoms with van der Waals surface area (Å²) in [6.45, 7) is -0.0221. The van der Waals surface area contributed by atoms with E-state index in [0.717, 1.165) is 0 Å². The van der Waals surface area contributed by atoms with Gasteiger partial charge in [0.2, 0.25) is 5.91 Å². The number of furan rings is 1. The molecule has 1 atom stereocenters. The predicted molar refractivity (Wildman–Crippen MR) is 58.4 cm³/mol. The van der Waals surface area contributed by atoms with Crippen molar-refractivity contribution in [1.82, 2.24) is 4.90 Å². The molecule has 0 fully saturated rings. The van der Waals surface area contributed by atoms with Gasteiger partial charge in [-0.05, 0) is 12.1 Å². The van der Waals surface area contributed by atoms with Crippen molar-refractivity contribution in [2.75, 3.05) is 13.1 Å². The average molecular weight is 264 g/mol. The van der Waals surface area contributed by atoms with Crippen molar-refractivity contribution in [2.45, 2.75) is 19.6 Å². The number of alkyl halides is 3. The second-order valence-corrected chi connectivity index (χ2v) is 4.03. The van der Waals surface area contributed by atoms with Crippen molar-refractivity contribution in [1.29, 1.82) is 0 Å². The Bertz CT molecular complexity index is 376. The van der Waals surface area contributed by atoms with Crippen LogP contribution < -0.4 is 5.73 Å². The summed E-state index contributed by atoms with van der Waals surface area (Å²) in [5.41, 5.74) is 5.30. The molecule has 0 radical (unpaired) electrons. The molecule has 1 aromatic heterocycles. The Hall–Kier alpha value is -1.50. The summed E-state index contributed by atoms with van der Waals surface area (Å²) in [7, 11) is 0. The fourth-order valence-electron chi connectivity index (χ4n) is 1.43. The number of halogens is 3. The monoisotopic (exact) mass is 264 g/mol. The van der Waals surface area contributed by atoms with E-state index >= 15 is 0 Å². The standard InChI is InChI=1S/C11H15F3N2O2/c1-8(5-15)10(17)16(7-11(12,13)14)6-9-3-2-4-18-9/h2-4,8H,5-7,15H2,1H3. The van der Waals surface area contributed by atoms with Crippen LogP contribution in [0.25, 0.3) is 0 Å². The minimum atomic E-state index is -4.45. The van der Waals surface area contributed by atoms with Gasteiger partial charge >= 0.3 is 6.18 Å². The summed E-state index contributed by atoms with van der Waals surface area (Å²) in [5.74, 6) is -0.981. The van der Waals surface area contributed by atoms with Crippen LogP contribution in [0.4, 0.5) is 13.2 Å². The summed E-state index contributed by atoms with van der Waals surface area (Å²) >= 11 is 0. The molecule has 0 aliphatic heterocycles. The van der Waals surface area contributed by atoms with Crippen molar-refractivity contribution < 1.29 is 22.4 Å². The molecule has 1 rings (SSSR count). The first kappa shape index (κ1) is 14.6. The first-order valence-electron chi connectivity index (χ1n) is 5.41. The van der Waals surface area contributed by atoms with Gasteiger partial charge in [-0.3, -0.25) is 4.79 Å². The largest absolute Gasteiger partial charge is 0.467 e. The van der Waals surface area contributed by atoms with E-state index in [1.807, 2.05) is 0 Å². The minimum Gasteiger partial charge on any atom is -0.467 e. The van der Waals surface area contributed by atoms with Gasteiger partial charge in [0.05, 0.1) is 12.8 Å². The molecule has 0 saturated heterocycles. The van der Waals surface area contributed by atoms with Crippen LogP contribution in [0.3, 0.4) is 0 Å². The Morgan fingerprint density at radius 3 is 2.67 bits per heavy atom. The van der Waals surface area contributed by atoms with Gasteiger partial charge in [0.15, 0.2) is 0 Å². The number of nitrogens with two attached hydrogens (primary N) is 1. The third-order valence-corrected chi connectivity index (χ3v) is 2.38. The zero-order chi connectivity index (χ0) is 13.8. The molecule has 1 aromatic rings. The molecule has 102 valence electrons. The van der Waals surface area contributed by atoms with E-state index in [-0.39, 0.29) is 13.1 Å². The molecule has 0 aliphatic rings. The van der Waals surface area contributed by atoms with Crippen LogP contribution in [0.5, 0.6) is 0 Å². The number of amides is 1. The van der Waals surface area contributed by atoms with Gasteiger partial charge in [-0.1, -0.05) is 6.92 Å². The minimum absolute atomic E-state index is 0.00530. The molecule has 0 aromatic carbocycles. The van der Waals surface area contributed by atoms with Crippen LogP contribution in [-0.4, -0.2) is 30.1 Å². The van der Waals surface area contributed by atoms with E-state index in [1.54, 1.807) is 6.07 Å². The molecule has 4 nitrogen and oxygen atoms in total. The van der Waals surface area contributed by atoms with Gasteiger partial charge in [-0.25, -0.2) is 0 Å². The first-order valence-corrected chi connectivity index (χ1v) is 5.41. The van der Waals surface area contributed by atoms with E-state index in [1.165, 1.54) is 19.3 Å². The molecule has 1 heterocycles. The Labute approximate surface area is 103 Å². The van der Waals surface area contributed by atoms with Crippen LogP contribution in [0.2, 0.25) is 0 Å². The van der Waals surface area contributed by atoms with Crippen molar-refractivity contribution in [3.8, 4) is 0 Å². The molecule has 0 spiro atoms. The second kappa shape index (κ2) is 5.90. The molecule has 1 unspecified atom stereocenters. The molecular weight excluding hydrogens is 249 g/mol. The number of rotatable bonds is 5. The lowest BCUT2D eigenvalue weighted by molar-refractivity contribution is -0.164. The van der Waals surface area contributed by atoms with E-state index in [9.17, 15) is 18.0 Å².